The summed E-state index contributed by atoms with van der Waals surface area (Å²) >= 11 is 0. The van der Waals surface area contributed by atoms with Crippen LogP contribution in [0, 0.1) is 0 Å². The number of hydrogen-bond acceptors (Lipinski definition) is 1. The van der Waals surface area contributed by atoms with E-state index in [1.54, 1.807) is 0 Å². The summed E-state index contributed by atoms with van der Waals surface area (Å²) in [5.41, 5.74) is 14.7. The van der Waals surface area contributed by atoms with Crippen molar-refractivity contribution in [1.29, 1.82) is 0 Å². The molecule has 1 N–H and O–H groups in total. The zero-order valence-corrected chi connectivity index (χ0v) is 21.1. The predicted octanol–water partition coefficient (Wildman–Crippen LogP) is 10.0. The summed E-state index contributed by atoms with van der Waals surface area (Å²) in [6.07, 6.45) is 0.916. The molecule has 0 fully saturated rings. The van der Waals surface area contributed by atoms with E-state index in [1.165, 1.54) is 55.6 Å². The first-order valence-electron chi connectivity index (χ1n) is 13.1. The molecule has 1 nitrogen and oxygen atoms in total. The van der Waals surface area contributed by atoms with Crippen LogP contribution in [-0.2, 0) is 6.42 Å². The lowest BCUT2D eigenvalue weighted by atomic mass is 9.92. The second-order valence-electron chi connectivity index (χ2n) is 9.94. The molecule has 8 bridgehead atoms. The fourth-order valence-electron chi connectivity index (χ4n) is 5.45. The molecule has 0 unspecified atom stereocenters. The van der Waals surface area contributed by atoms with Crippen LogP contribution < -0.4 is 5.32 Å². The molecule has 38 heavy (non-hydrogen) atoms. The molecule has 6 aromatic carbocycles. The summed E-state index contributed by atoms with van der Waals surface area (Å²) in [4.78, 5) is 0. The van der Waals surface area contributed by atoms with Gasteiger partial charge in [0.25, 0.3) is 0 Å². The average Bonchev–Trinajstić information content (AvgIpc) is 2.99. The Hall–Kier alpha value is -4.88. The van der Waals surface area contributed by atoms with Crippen molar-refractivity contribution in [2.75, 3.05) is 5.32 Å². The molecule has 0 amide bonds. The third-order valence-electron chi connectivity index (χ3n) is 7.47. The molecule has 7 aliphatic rings. The Morgan fingerprint density at radius 3 is 0.921 bits per heavy atom. The topological polar surface area (TPSA) is 12.0 Å². The van der Waals surface area contributed by atoms with E-state index in [0.29, 0.717) is 0 Å². The number of hydrogen-bond donors (Lipinski definition) is 1. The molecule has 7 heterocycles. The SMILES string of the molecule is c1ccc2c(c1)-c1ccc(cc1)Cc1ccc(cc1)-c1ccccc1-c1ccc(cc1)Nc1ccc-2cc1. The Kier molecular flexibility index (Phi) is 5.60. The summed E-state index contributed by atoms with van der Waals surface area (Å²) in [6, 6.07) is 52.8. The van der Waals surface area contributed by atoms with Gasteiger partial charge in [-0.25, -0.2) is 0 Å². The second-order valence-corrected chi connectivity index (χ2v) is 9.94. The Morgan fingerprint density at radius 1 is 0.316 bits per heavy atom. The smallest absolute Gasteiger partial charge is 0.0384 e. The van der Waals surface area contributed by atoms with Crippen LogP contribution in [0.15, 0.2) is 146 Å². The van der Waals surface area contributed by atoms with Gasteiger partial charge >= 0.3 is 0 Å². The van der Waals surface area contributed by atoms with Gasteiger partial charge in [-0.3, -0.25) is 0 Å². The van der Waals surface area contributed by atoms with E-state index >= 15 is 0 Å². The highest BCUT2D eigenvalue weighted by molar-refractivity contribution is 5.85. The zero-order chi connectivity index (χ0) is 25.3. The molecule has 1 heteroatoms. The number of nitrogens with one attached hydrogen (secondary N) is 1. The Bertz CT molecular complexity index is 1450. The van der Waals surface area contributed by atoms with Gasteiger partial charge in [-0.15, -0.1) is 0 Å². The molecular weight excluding hydrogens is 458 g/mol. The normalized spacial score (nSPS) is 11.8. The van der Waals surface area contributed by atoms with Crippen molar-refractivity contribution in [1.82, 2.24) is 0 Å². The lowest BCUT2D eigenvalue weighted by Gasteiger charge is -2.14. The molecule has 0 aliphatic carbocycles. The van der Waals surface area contributed by atoms with Crippen molar-refractivity contribution in [3.05, 3.63) is 157 Å². The highest BCUT2D eigenvalue weighted by atomic mass is 14.9. The lowest BCUT2D eigenvalue weighted by Crippen LogP contribution is -1.92. The standard InChI is InChI=1S/C37H27N/c1-3-7-36-30-17-21-32(22-18-30)38-33-23-19-31(20-24-33)37-8-4-2-6-35(37)29-15-11-27(12-16-29)25-26-9-13-28(14-10-26)34(36)5-1/h1-24,38H,25H2. The number of anilines is 2. The zero-order valence-electron chi connectivity index (χ0n) is 21.1. The van der Waals surface area contributed by atoms with Crippen LogP contribution in [0.1, 0.15) is 11.1 Å². The highest BCUT2D eigenvalue weighted by Crippen LogP contribution is 2.35. The molecule has 0 aromatic heterocycles. The first kappa shape index (κ1) is 22.3. The second kappa shape index (κ2) is 9.53. The van der Waals surface area contributed by atoms with Gasteiger partial charge in [-0.2, -0.15) is 0 Å². The van der Waals surface area contributed by atoms with Gasteiger partial charge in [0.05, 0.1) is 0 Å². The quantitative estimate of drug-likeness (QED) is 0.225. The molecule has 0 saturated carbocycles. The van der Waals surface area contributed by atoms with Crippen LogP contribution in [0.5, 0.6) is 0 Å². The van der Waals surface area contributed by atoms with Crippen LogP contribution >= 0.6 is 0 Å². The van der Waals surface area contributed by atoms with Crippen molar-refractivity contribution in [2.24, 2.45) is 0 Å². The fourth-order valence-corrected chi connectivity index (χ4v) is 5.45. The van der Waals surface area contributed by atoms with E-state index < -0.39 is 0 Å². The molecule has 180 valence electrons. The van der Waals surface area contributed by atoms with Crippen LogP contribution in [0.25, 0.3) is 44.5 Å². The van der Waals surface area contributed by atoms with E-state index in [1.807, 2.05) is 0 Å². The van der Waals surface area contributed by atoms with Crippen molar-refractivity contribution in [3.8, 4) is 44.5 Å². The summed E-state index contributed by atoms with van der Waals surface area (Å²) < 4.78 is 0. The van der Waals surface area contributed by atoms with E-state index in [9.17, 15) is 0 Å². The van der Waals surface area contributed by atoms with Crippen molar-refractivity contribution >= 4 is 11.4 Å². The van der Waals surface area contributed by atoms with E-state index in [-0.39, 0.29) is 0 Å². The minimum atomic E-state index is 0.916. The van der Waals surface area contributed by atoms with Crippen LogP contribution in [0.3, 0.4) is 0 Å². The van der Waals surface area contributed by atoms with E-state index in [0.717, 1.165) is 17.8 Å². The molecule has 0 saturated heterocycles. The number of benzene rings is 6. The van der Waals surface area contributed by atoms with Gasteiger partial charge in [0.1, 0.15) is 0 Å². The summed E-state index contributed by atoms with van der Waals surface area (Å²) in [7, 11) is 0. The van der Waals surface area contributed by atoms with E-state index in [2.05, 4.69) is 151 Å². The molecule has 0 atom stereocenters. The van der Waals surface area contributed by atoms with Crippen LogP contribution in [-0.4, -0.2) is 0 Å². The Morgan fingerprint density at radius 2 is 0.605 bits per heavy atom. The van der Waals surface area contributed by atoms with Gasteiger partial charge in [-0.1, -0.05) is 121 Å². The number of rotatable bonds is 0. The minimum absolute atomic E-state index is 0.916. The maximum atomic E-state index is 3.57. The van der Waals surface area contributed by atoms with Crippen LogP contribution in [0.4, 0.5) is 11.4 Å². The largest absolute Gasteiger partial charge is 0.356 e. The van der Waals surface area contributed by atoms with Crippen LogP contribution in [0.2, 0.25) is 0 Å². The van der Waals surface area contributed by atoms with Crippen molar-refractivity contribution < 1.29 is 0 Å². The third kappa shape index (κ3) is 4.29. The summed E-state index contributed by atoms with van der Waals surface area (Å²) in [5.74, 6) is 0. The van der Waals surface area contributed by atoms with Gasteiger partial charge in [0.15, 0.2) is 0 Å². The maximum absolute atomic E-state index is 3.57. The minimum Gasteiger partial charge on any atom is -0.356 e. The fraction of sp³-hybridized carbons (Fsp3) is 0.0270. The summed E-state index contributed by atoms with van der Waals surface area (Å²) in [6.45, 7) is 0. The Labute approximate surface area is 224 Å². The van der Waals surface area contributed by atoms with Gasteiger partial charge in [0.2, 0.25) is 0 Å². The molecule has 0 spiro atoms. The molecule has 0 radical (unpaired) electrons. The molecule has 13 rings (SSSR count). The van der Waals surface area contributed by atoms with Crippen molar-refractivity contribution in [2.45, 2.75) is 6.42 Å². The lowest BCUT2D eigenvalue weighted by molar-refractivity contribution is 1.19. The first-order valence-corrected chi connectivity index (χ1v) is 13.1. The van der Waals surface area contributed by atoms with Crippen molar-refractivity contribution in [3.63, 3.8) is 0 Å². The Balaban J connectivity index is 1.35. The van der Waals surface area contributed by atoms with E-state index in [4.69, 9.17) is 0 Å². The van der Waals surface area contributed by atoms with Gasteiger partial charge in [-0.05, 0) is 86.3 Å². The average molecular weight is 486 g/mol. The highest BCUT2D eigenvalue weighted by Gasteiger charge is 2.10. The van der Waals surface area contributed by atoms with Gasteiger partial charge < -0.3 is 5.32 Å². The molecule has 6 aromatic rings. The third-order valence-corrected chi connectivity index (χ3v) is 7.47. The predicted molar refractivity (Wildman–Crippen MR) is 161 cm³/mol. The monoisotopic (exact) mass is 485 g/mol. The first-order chi connectivity index (χ1) is 18.8. The molecule has 7 aliphatic heterocycles. The molecular formula is C37H27N. The summed E-state index contributed by atoms with van der Waals surface area (Å²) in [5, 5.41) is 3.57. The van der Waals surface area contributed by atoms with Gasteiger partial charge in [0, 0.05) is 11.4 Å². The maximum Gasteiger partial charge on any atom is 0.0384 e.